The van der Waals surface area contributed by atoms with Crippen molar-refractivity contribution in [1.29, 1.82) is 0 Å². The molecule has 1 N–H and O–H groups in total. The van der Waals surface area contributed by atoms with E-state index in [0.29, 0.717) is 12.6 Å². The summed E-state index contributed by atoms with van der Waals surface area (Å²) in [7, 11) is 0. The molecule has 0 bridgehead atoms. The zero-order valence-electron chi connectivity index (χ0n) is 6.59. The summed E-state index contributed by atoms with van der Waals surface area (Å²) in [6.07, 6.45) is 0.759. The van der Waals surface area contributed by atoms with Crippen molar-refractivity contribution in [1.82, 2.24) is 5.32 Å². The van der Waals surface area contributed by atoms with Gasteiger partial charge in [0.15, 0.2) is 0 Å². The first-order valence-electron chi connectivity index (χ1n) is 3.52. The summed E-state index contributed by atoms with van der Waals surface area (Å²) >= 11 is 0. The molecule has 0 saturated carbocycles. The molecular formula is C7H15NO2. The zero-order valence-corrected chi connectivity index (χ0v) is 6.59. The third-order valence-corrected chi connectivity index (χ3v) is 0.985. The molecule has 0 atom stereocenters. The minimum Gasteiger partial charge on any atom is -0.373 e. The highest BCUT2D eigenvalue weighted by atomic mass is 16.5. The molecule has 0 amide bonds. The van der Waals surface area contributed by atoms with Crippen LogP contribution in [-0.4, -0.2) is 32.1 Å². The fourth-order valence-electron chi connectivity index (χ4n) is 0.551. The number of aldehydes is 1. The molecule has 3 heteroatoms. The molecule has 0 radical (unpaired) electrons. The minimum atomic E-state index is 0.208. The van der Waals surface area contributed by atoms with Gasteiger partial charge in [-0.25, -0.2) is 0 Å². The van der Waals surface area contributed by atoms with Crippen LogP contribution in [0.25, 0.3) is 0 Å². The summed E-state index contributed by atoms with van der Waals surface area (Å²) in [5.74, 6) is 0. The van der Waals surface area contributed by atoms with E-state index >= 15 is 0 Å². The lowest BCUT2D eigenvalue weighted by Crippen LogP contribution is -2.26. The predicted octanol–water partition coefficient (Wildman–Crippen LogP) is 0.200. The van der Waals surface area contributed by atoms with E-state index in [2.05, 4.69) is 19.2 Å². The summed E-state index contributed by atoms with van der Waals surface area (Å²) in [6, 6.07) is 0.486. The average Bonchev–Trinajstić information content (AvgIpc) is 1.87. The molecule has 0 heterocycles. The standard InChI is InChI=1S/C7H15NO2/c1-7(2)8-3-5-10-6-4-9/h4,7-8H,3,5-6H2,1-2H3. The number of carbonyl (C=O) groups is 1. The first kappa shape index (κ1) is 9.59. The Bertz CT molecular complexity index is 83.7. The summed E-state index contributed by atoms with van der Waals surface area (Å²) in [5, 5.41) is 3.16. The third-order valence-electron chi connectivity index (χ3n) is 0.985. The maximum atomic E-state index is 9.76. The van der Waals surface area contributed by atoms with E-state index in [4.69, 9.17) is 4.74 Å². The molecule has 0 aromatic rings. The van der Waals surface area contributed by atoms with E-state index in [1.165, 1.54) is 0 Å². The van der Waals surface area contributed by atoms with Gasteiger partial charge in [0.2, 0.25) is 0 Å². The monoisotopic (exact) mass is 145 g/mol. The minimum absolute atomic E-state index is 0.208. The van der Waals surface area contributed by atoms with Crippen molar-refractivity contribution >= 4 is 6.29 Å². The number of nitrogens with one attached hydrogen (secondary N) is 1. The second-order valence-corrected chi connectivity index (χ2v) is 2.35. The van der Waals surface area contributed by atoms with E-state index in [9.17, 15) is 4.79 Å². The zero-order chi connectivity index (χ0) is 7.82. The van der Waals surface area contributed by atoms with Gasteiger partial charge in [0.1, 0.15) is 12.9 Å². The number of hydrogen-bond acceptors (Lipinski definition) is 3. The first-order valence-corrected chi connectivity index (χ1v) is 3.52. The molecule has 0 aliphatic carbocycles. The molecular weight excluding hydrogens is 130 g/mol. The van der Waals surface area contributed by atoms with Gasteiger partial charge >= 0.3 is 0 Å². The topological polar surface area (TPSA) is 38.3 Å². The molecule has 60 valence electrons. The van der Waals surface area contributed by atoms with E-state index < -0.39 is 0 Å². The average molecular weight is 145 g/mol. The lowest BCUT2D eigenvalue weighted by atomic mass is 10.4. The van der Waals surface area contributed by atoms with Gasteiger partial charge in [-0.15, -0.1) is 0 Å². The maximum Gasteiger partial charge on any atom is 0.145 e. The van der Waals surface area contributed by atoms with E-state index in [1.54, 1.807) is 0 Å². The van der Waals surface area contributed by atoms with Crippen LogP contribution in [0, 0.1) is 0 Å². The fraction of sp³-hybridized carbons (Fsp3) is 0.857. The summed E-state index contributed by atoms with van der Waals surface area (Å²) in [4.78, 5) is 9.76. The molecule has 0 saturated heterocycles. The number of rotatable bonds is 6. The predicted molar refractivity (Wildman–Crippen MR) is 40.0 cm³/mol. The molecule has 0 aliphatic rings. The van der Waals surface area contributed by atoms with Crippen LogP contribution in [0.3, 0.4) is 0 Å². The summed E-state index contributed by atoms with van der Waals surface area (Å²) in [6.45, 7) is 5.77. The van der Waals surface area contributed by atoms with E-state index in [0.717, 1.165) is 12.8 Å². The van der Waals surface area contributed by atoms with Crippen LogP contribution in [0.1, 0.15) is 13.8 Å². The highest BCUT2D eigenvalue weighted by molar-refractivity contribution is 5.50. The van der Waals surface area contributed by atoms with Crippen molar-refractivity contribution in [2.45, 2.75) is 19.9 Å². The molecule has 0 rings (SSSR count). The van der Waals surface area contributed by atoms with Gasteiger partial charge in [0, 0.05) is 12.6 Å². The number of ether oxygens (including phenoxy) is 1. The van der Waals surface area contributed by atoms with Gasteiger partial charge in [-0.1, -0.05) is 13.8 Å². The SMILES string of the molecule is CC(C)NCCOCC=O. The Hall–Kier alpha value is -0.410. The molecule has 0 aliphatic heterocycles. The summed E-state index contributed by atoms with van der Waals surface area (Å²) in [5.41, 5.74) is 0. The van der Waals surface area contributed by atoms with Gasteiger partial charge < -0.3 is 14.8 Å². The first-order chi connectivity index (χ1) is 4.77. The van der Waals surface area contributed by atoms with Gasteiger partial charge in [0.25, 0.3) is 0 Å². The van der Waals surface area contributed by atoms with Crippen molar-refractivity contribution in [2.75, 3.05) is 19.8 Å². The van der Waals surface area contributed by atoms with Gasteiger partial charge in [-0.3, -0.25) is 0 Å². The normalized spacial score (nSPS) is 10.3. The molecule has 0 spiro atoms. The van der Waals surface area contributed by atoms with Crippen molar-refractivity contribution < 1.29 is 9.53 Å². The Labute approximate surface area is 61.8 Å². The fourth-order valence-corrected chi connectivity index (χ4v) is 0.551. The highest BCUT2D eigenvalue weighted by Crippen LogP contribution is 1.75. The van der Waals surface area contributed by atoms with Crippen molar-refractivity contribution in [3.8, 4) is 0 Å². The van der Waals surface area contributed by atoms with Crippen LogP contribution in [0.15, 0.2) is 0 Å². The Kier molecular flexibility index (Phi) is 6.43. The largest absolute Gasteiger partial charge is 0.373 e. The molecule has 10 heavy (non-hydrogen) atoms. The maximum absolute atomic E-state index is 9.76. The molecule has 0 unspecified atom stereocenters. The third kappa shape index (κ3) is 7.59. The molecule has 3 nitrogen and oxygen atoms in total. The Morgan fingerprint density at radius 1 is 1.60 bits per heavy atom. The molecule has 0 fully saturated rings. The summed E-state index contributed by atoms with van der Waals surface area (Å²) < 4.78 is 4.90. The van der Waals surface area contributed by atoms with Crippen LogP contribution in [0.4, 0.5) is 0 Å². The van der Waals surface area contributed by atoms with Crippen LogP contribution in [0.5, 0.6) is 0 Å². The lowest BCUT2D eigenvalue weighted by Gasteiger charge is -2.06. The Morgan fingerprint density at radius 2 is 2.30 bits per heavy atom. The molecule has 0 aromatic carbocycles. The van der Waals surface area contributed by atoms with Crippen molar-refractivity contribution in [3.05, 3.63) is 0 Å². The van der Waals surface area contributed by atoms with Crippen LogP contribution in [-0.2, 0) is 9.53 Å². The smallest absolute Gasteiger partial charge is 0.145 e. The quantitative estimate of drug-likeness (QED) is 0.428. The van der Waals surface area contributed by atoms with Crippen molar-refractivity contribution in [2.24, 2.45) is 0 Å². The highest BCUT2D eigenvalue weighted by Gasteiger charge is 1.90. The van der Waals surface area contributed by atoms with Gasteiger partial charge in [-0.05, 0) is 0 Å². The molecule has 0 aromatic heterocycles. The number of carbonyl (C=O) groups excluding carboxylic acids is 1. The second-order valence-electron chi connectivity index (χ2n) is 2.35. The number of hydrogen-bond donors (Lipinski definition) is 1. The van der Waals surface area contributed by atoms with Crippen molar-refractivity contribution in [3.63, 3.8) is 0 Å². The van der Waals surface area contributed by atoms with Crippen LogP contribution in [0.2, 0.25) is 0 Å². The van der Waals surface area contributed by atoms with E-state index in [1.807, 2.05) is 0 Å². The lowest BCUT2D eigenvalue weighted by molar-refractivity contribution is -0.111. The second kappa shape index (κ2) is 6.71. The Morgan fingerprint density at radius 3 is 2.80 bits per heavy atom. The van der Waals surface area contributed by atoms with E-state index in [-0.39, 0.29) is 6.61 Å². The Balaban J connectivity index is 2.83. The van der Waals surface area contributed by atoms with Gasteiger partial charge in [0.05, 0.1) is 6.61 Å². The van der Waals surface area contributed by atoms with Crippen LogP contribution < -0.4 is 5.32 Å². The van der Waals surface area contributed by atoms with Gasteiger partial charge in [-0.2, -0.15) is 0 Å². The van der Waals surface area contributed by atoms with Crippen LogP contribution >= 0.6 is 0 Å².